The van der Waals surface area contributed by atoms with Gasteiger partial charge < -0.3 is 14.8 Å². The number of hydrogen-bond donors (Lipinski definition) is 1. The third-order valence-electron chi connectivity index (χ3n) is 6.26. The average Bonchev–Trinajstić information content (AvgIpc) is 3.31. The molecule has 4 aromatic rings. The highest BCUT2D eigenvalue weighted by Gasteiger charge is 2.25. The van der Waals surface area contributed by atoms with Crippen LogP contribution in [0.1, 0.15) is 21.6 Å². The molecule has 1 amide bonds. The first-order valence-corrected chi connectivity index (χ1v) is 13.3. The Kier molecular flexibility index (Phi) is 6.13. The highest BCUT2D eigenvalue weighted by Crippen LogP contribution is 2.31. The van der Waals surface area contributed by atoms with Crippen molar-refractivity contribution in [3.05, 3.63) is 102 Å². The summed E-state index contributed by atoms with van der Waals surface area (Å²) in [6.45, 7) is 2.31. The maximum Gasteiger partial charge on any atom is 0.254 e. The summed E-state index contributed by atoms with van der Waals surface area (Å²) in [6.07, 6.45) is 4.64. The lowest BCUT2D eigenvalue weighted by Crippen LogP contribution is -2.35. The minimum atomic E-state index is -3.32. The van der Waals surface area contributed by atoms with E-state index in [0.29, 0.717) is 31.7 Å². The fourth-order valence-corrected chi connectivity index (χ4v) is 5.05. The van der Waals surface area contributed by atoms with Crippen molar-refractivity contribution in [2.45, 2.75) is 18.0 Å². The van der Waals surface area contributed by atoms with E-state index in [1.165, 1.54) is 12.1 Å². The minimum Gasteiger partial charge on any atom is -0.364 e. The summed E-state index contributed by atoms with van der Waals surface area (Å²) in [6, 6.07) is 22.7. The molecule has 0 atom stereocenters. The molecule has 178 valence electrons. The standard InChI is InChI=1S/C27H26N4O3S/c1-35(33,34)25-10-7-21(8-11-25)27(32)31-14-13-30(18-24-16-28-19-29-24)26-12-9-22(15-23(26)17-31)20-5-3-2-4-6-20/h2-12,15-16,19H,13-14,17-18H2,1H3,(H,28,29). The van der Waals surface area contributed by atoms with Gasteiger partial charge in [-0.1, -0.05) is 36.4 Å². The Morgan fingerprint density at radius 3 is 2.43 bits per heavy atom. The number of imidazole rings is 1. The van der Waals surface area contributed by atoms with Gasteiger partial charge >= 0.3 is 0 Å². The lowest BCUT2D eigenvalue weighted by molar-refractivity contribution is 0.0751. The van der Waals surface area contributed by atoms with Crippen LogP contribution >= 0.6 is 0 Å². The van der Waals surface area contributed by atoms with Gasteiger partial charge in [0.2, 0.25) is 0 Å². The molecule has 1 N–H and O–H groups in total. The molecular weight excluding hydrogens is 460 g/mol. The molecule has 0 saturated heterocycles. The molecule has 7 nitrogen and oxygen atoms in total. The Morgan fingerprint density at radius 2 is 1.74 bits per heavy atom. The molecule has 0 fully saturated rings. The van der Waals surface area contributed by atoms with E-state index >= 15 is 0 Å². The second kappa shape index (κ2) is 9.38. The van der Waals surface area contributed by atoms with Crippen LogP contribution in [0.2, 0.25) is 0 Å². The van der Waals surface area contributed by atoms with Gasteiger partial charge in [0, 0.05) is 43.3 Å². The Morgan fingerprint density at radius 1 is 0.971 bits per heavy atom. The topological polar surface area (TPSA) is 86.4 Å². The second-order valence-corrected chi connectivity index (χ2v) is 10.7. The van der Waals surface area contributed by atoms with E-state index in [0.717, 1.165) is 34.3 Å². The van der Waals surface area contributed by atoms with Crippen molar-refractivity contribution in [3.63, 3.8) is 0 Å². The zero-order valence-electron chi connectivity index (χ0n) is 19.4. The molecule has 0 spiro atoms. The highest BCUT2D eigenvalue weighted by molar-refractivity contribution is 7.90. The zero-order valence-corrected chi connectivity index (χ0v) is 20.2. The van der Waals surface area contributed by atoms with Crippen molar-refractivity contribution in [2.75, 3.05) is 24.2 Å². The van der Waals surface area contributed by atoms with Crippen molar-refractivity contribution in [2.24, 2.45) is 0 Å². The van der Waals surface area contributed by atoms with Crippen LogP contribution in [-0.4, -0.2) is 48.5 Å². The van der Waals surface area contributed by atoms with Gasteiger partial charge in [0.1, 0.15) is 0 Å². The highest BCUT2D eigenvalue weighted by atomic mass is 32.2. The maximum absolute atomic E-state index is 13.4. The number of benzene rings is 3. The van der Waals surface area contributed by atoms with Crippen LogP contribution in [0.4, 0.5) is 5.69 Å². The summed E-state index contributed by atoms with van der Waals surface area (Å²) in [5.41, 5.74) is 5.83. The number of aromatic nitrogens is 2. The van der Waals surface area contributed by atoms with E-state index in [4.69, 9.17) is 0 Å². The number of carbonyl (C=O) groups is 1. The summed E-state index contributed by atoms with van der Waals surface area (Å²) in [5, 5.41) is 0. The number of anilines is 1. The van der Waals surface area contributed by atoms with E-state index in [1.54, 1.807) is 18.5 Å². The molecule has 0 radical (unpaired) electrons. The summed E-state index contributed by atoms with van der Waals surface area (Å²) >= 11 is 0. The van der Waals surface area contributed by atoms with Gasteiger partial charge in [-0.3, -0.25) is 4.79 Å². The molecule has 35 heavy (non-hydrogen) atoms. The van der Waals surface area contributed by atoms with Crippen LogP contribution in [0.3, 0.4) is 0 Å². The fraction of sp³-hybridized carbons (Fsp3) is 0.185. The number of nitrogens with one attached hydrogen (secondary N) is 1. The molecule has 1 aliphatic heterocycles. The predicted molar refractivity (Wildman–Crippen MR) is 136 cm³/mol. The van der Waals surface area contributed by atoms with E-state index in [2.05, 4.69) is 45.2 Å². The first-order valence-electron chi connectivity index (χ1n) is 11.4. The van der Waals surface area contributed by atoms with Crippen LogP contribution in [0.15, 0.2) is 90.2 Å². The van der Waals surface area contributed by atoms with Crippen molar-refractivity contribution >= 4 is 21.4 Å². The largest absolute Gasteiger partial charge is 0.364 e. The monoisotopic (exact) mass is 486 g/mol. The predicted octanol–water partition coefficient (Wildman–Crippen LogP) is 4.14. The molecule has 0 unspecified atom stereocenters. The third-order valence-corrected chi connectivity index (χ3v) is 7.39. The van der Waals surface area contributed by atoms with Gasteiger partial charge in [-0.2, -0.15) is 0 Å². The zero-order chi connectivity index (χ0) is 24.4. The quantitative estimate of drug-likeness (QED) is 0.458. The summed E-state index contributed by atoms with van der Waals surface area (Å²) in [4.78, 5) is 25.0. The number of nitrogens with zero attached hydrogens (tertiary/aromatic N) is 3. The number of sulfone groups is 1. The van der Waals surface area contributed by atoms with Crippen molar-refractivity contribution < 1.29 is 13.2 Å². The van der Waals surface area contributed by atoms with E-state index in [-0.39, 0.29) is 10.8 Å². The van der Waals surface area contributed by atoms with Crippen molar-refractivity contribution in [1.82, 2.24) is 14.9 Å². The van der Waals surface area contributed by atoms with Gasteiger partial charge in [0.15, 0.2) is 9.84 Å². The molecule has 8 heteroatoms. The van der Waals surface area contributed by atoms with Gasteiger partial charge in [-0.15, -0.1) is 0 Å². The van der Waals surface area contributed by atoms with Gasteiger partial charge in [0.25, 0.3) is 5.91 Å². The summed E-state index contributed by atoms with van der Waals surface area (Å²) in [7, 11) is -3.32. The van der Waals surface area contributed by atoms with Crippen molar-refractivity contribution in [1.29, 1.82) is 0 Å². The average molecular weight is 487 g/mol. The maximum atomic E-state index is 13.4. The van der Waals surface area contributed by atoms with E-state index in [1.807, 2.05) is 29.3 Å². The molecule has 0 bridgehead atoms. The van der Waals surface area contributed by atoms with Crippen LogP contribution in [0, 0.1) is 0 Å². The molecular formula is C27H26N4O3S. The number of hydrogen-bond acceptors (Lipinski definition) is 5. The number of H-pyrrole nitrogens is 1. The van der Waals surface area contributed by atoms with Crippen LogP contribution < -0.4 is 4.90 Å². The van der Waals surface area contributed by atoms with E-state index in [9.17, 15) is 13.2 Å². The molecule has 3 aromatic carbocycles. The number of carbonyl (C=O) groups excluding carboxylic acids is 1. The van der Waals surface area contributed by atoms with Crippen molar-refractivity contribution in [3.8, 4) is 11.1 Å². The second-order valence-electron chi connectivity index (χ2n) is 8.73. The number of rotatable bonds is 5. The summed E-state index contributed by atoms with van der Waals surface area (Å²) in [5.74, 6) is -0.121. The number of amides is 1. The Labute approximate surface area is 205 Å². The molecule has 5 rings (SSSR count). The molecule has 0 saturated carbocycles. The van der Waals surface area contributed by atoms with E-state index < -0.39 is 9.84 Å². The third kappa shape index (κ3) is 4.97. The number of fused-ring (bicyclic) bond motifs is 1. The Hall–Kier alpha value is -3.91. The fourth-order valence-electron chi connectivity index (χ4n) is 4.42. The molecule has 1 aliphatic rings. The smallest absolute Gasteiger partial charge is 0.254 e. The first-order chi connectivity index (χ1) is 16.9. The SMILES string of the molecule is CS(=O)(=O)c1ccc(C(=O)N2CCN(Cc3cnc[nH]3)c3ccc(-c4ccccc4)cc3C2)cc1. The first kappa shape index (κ1) is 22.9. The van der Waals surface area contributed by atoms with Gasteiger partial charge in [0.05, 0.1) is 23.5 Å². The van der Waals surface area contributed by atoms with Gasteiger partial charge in [-0.25, -0.2) is 13.4 Å². The Bertz CT molecular complexity index is 1430. The van der Waals surface area contributed by atoms with Crippen LogP contribution in [0.25, 0.3) is 11.1 Å². The lowest BCUT2D eigenvalue weighted by Gasteiger charge is -2.24. The Balaban J connectivity index is 1.48. The molecule has 1 aromatic heterocycles. The number of aromatic amines is 1. The normalized spacial score (nSPS) is 13.9. The van der Waals surface area contributed by atoms with Crippen LogP contribution in [0.5, 0.6) is 0 Å². The lowest BCUT2D eigenvalue weighted by atomic mass is 10.0. The molecule has 0 aliphatic carbocycles. The van der Waals surface area contributed by atoms with Crippen LogP contribution in [-0.2, 0) is 22.9 Å². The summed E-state index contributed by atoms with van der Waals surface area (Å²) < 4.78 is 23.6. The molecule has 2 heterocycles. The van der Waals surface area contributed by atoms with Gasteiger partial charge in [-0.05, 0) is 53.1 Å². The minimum absolute atomic E-state index is 0.121.